The lowest BCUT2D eigenvalue weighted by atomic mass is 10.2. The summed E-state index contributed by atoms with van der Waals surface area (Å²) in [7, 11) is 1.76. The number of para-hydroxylation sites is 2. The van der Waals surface area contributed by atoms with Crippen molar-refractivity contribution in [2.75, 3.05) is 20.2 Å². The zero-order chi connectivity index (χ0) is 18.6. The Morgan fingerprint density at radius 2 is 1.85 bits per heavy atom. The quantitative estimate of drug-likeness (QED) is 0.529. The lowest BCUT2D eigenvalue weighted by Crippen LogP contribution is -2.37. The summed E-state index contributed by atoms with van der Waals surface area (Å²) < 4.78 is 11.8. The molecule has 0 unspecified atom stereocenters. The molecule has 0 bridgehead atoms. The highest BCUT2D eigenvalue weighted by atomic mass is 16.5. The van der Waals surface area contributed by atoms with E-state index in [0.717, 1.165) is 36.7 Å². The summed E-state index contributed by atoms with van der Waals surface area (Å²) in [5.41, 5.74) is 0.942. The van der Waals surface area contributed by atoms with Crippen LogP contribution in [0.25, 0.3) is 0 Å². The maximum absolute atomic E-state index is 6.05. The number of hydrogen-bond acceptors (Lipinski definition) is 4. The number of nitrogens with one attached hydrogen (secondary N) is 2. The van der Waals surface area contributed by atoms with Gasteiger partial charge in [-0.2, -0.15) is 0 Å². The predicted octanol–water partition coefficient (Wildman–Crippen LogP) is 3.74. The lowest BCUT2D eigenvalue weighted by molar-refractivity contribution is 0.300. The van der Waals surface area contributed by atoms with Crippen molar-refractivity contribution < 1.29 is 9.47 Å². The molecule has 140 valence electrons. The summed E-state index contributed by atoms with van der Waals surface area (Å²) in [5, 5.41) is 6.53. The highest BCUT2D eigenvalue weighted by Crippen LogP contribution is 2.31. The van der Waals surface area contributed by atoms with Gasteiger partial charge in [-0.1, -0.05) is 32.0 Å². The summed E-state index contributed by atoms with van der Waals surface area (Å²) in [6, 6.07) is 11.5. The summed E-state index contributed by atoms with van der Waals surface area (Å²) in [5.74, 6) is 2.69. The molecule has 0 saturated heterocycles. The third kappa shape index (κ3) is 5.95. The van der Waals surface area contributed by atoms with E-state index in [2.05, 4.69) is 34.5 Å². The van der Waals surface area contributed by atoms with Gasteiger partial charge in [-0.25, -0.2) is 4.98 Å². The lowest BCUT2D eigenvalue weighted by Gasteiger charge is -2.15. The van der Waals surface area contributed by atoms with E-state index in [4.69, 9.17) is 9.47 Å². The monoisotopic (exact) mass is 356 g/mol. The van der Waals surface area contributed by atoms with Crippen LogP contribution < -0.4 is 20.1 Å². The number of rotatable bonds is 9. The molecule has 0 aliphatic rings. The molecule has 0 saturated carbocycles. The number of pyridine rings is 1. The average molecular weight is 356 g/mol. The van der Waals surface area contributed by atoms with Gasteiger partial charge in [-0.05, 0) is 31.0 Å². The topological polar surface area (TPSA) is 67.8 Å². The molecular weight excluding hydrogens is 328 g/mol. The standard InChI is InChI=1S/C20H28N4O2/c1-4-12-23-20(21-3)24-15-16-9-8-13-22-19(16)26-18-11-7-6-10-17(18)25-14-5-2/h6-11,13H,4-5,12,14-15H2,1-3H3,(H2,21,23,24). The minimum atomic E-state index is 0.554. The minimum Gasteiger partial charge on any atom is -0.490 e. The van der Waals surface area contributed by atoms with Gasteiger partial charge in [-0.3, -0.25) is 4.99 Å². The SMILES string of the molecule is CCCNC(=NC)NCc1cccnc1Oc1ccccc1OCCC. The van der Waals surface area contributed by atoms with Crippen molar-refractivity contribution in [3.63, 3.8) is 0 Å². The molecule has 0 aliphatic heterocycles. The van der Waals surface area contributed by atoms with E-state index in [1.165, 1.54) is 0 Å². The minimum absolute atomic E-state index is 0.554. The Labute approximate surface area is 155 Å². The molecule has 0 aliphatic carbocycles. The van der Waals surface area contributed by atoms with E-state index in [1.54, 1.807) is 13.2 Å². The fraction of sp³-hybridized carbons (Fsp3) is 0.400. The second kappa shape index (κ2) is 11.0. The maximum atomic E-state index is 6.05. The first kappa shape index (κ1) is 19.6. The fourth-order valence-corrected chi connectivity index (χ4v) is 2.26. The van der Waals surface area contributed by atoms with Gasteiger partial charge in [0.2, 0.25) is 5.88 Å². The van der Waals surface area contributed by atoms with E-state index < -0.39 is 0 Å². The Morgan fingerprint density at radius 3 is 2.58 bits per heavy atom. The first-order valence-corrected chi connectivity index (χ1v) is 9.06. The Bertz CT molecular complexity index is 704. The Hall–Kier alpha value is -2.76. The number of benzene rings is 1. The average Bonchev–Trinajstić information content (AvgIpc) is 2.68. The Kier molecular flexibility index (Phi) is 8.26. The van der Waals surface area contributed by atoms with E-state index in [-0.39, 0.29) is 0 Å². The first-order valence-electron chi connectivity index (χ1n) is 9.06. The molecular formula is C20H28N4O2. The summed E-state index contributed by atoms with van der Waals surface area (Å²) in [6.45, 7) is 6.27. The molecule has 0 radical (unpaired) electrons. The zero-order valence-electron chi connectivity index (χ0n) is 15.8. The molecule has 26 heavy (non-hydrogen) atoms. The molecule has 1 aromatic carbocycles. The molecule has 0 amide bonds. The second-order valence-electron chi connectivity index (χ2n) is 5.72. The number of aromatic nitrogens is 1. The van der Waals surface area contributed by atoms with Gasteiger partial charge in [0, 0.05) is 31.9 Å². The Morgan fingerprint density at radius 1 is 1.04 bits per heavy atom. The molecule has 2 aromatic rings. The van der Waals surface area contributed by atoms with E-state index in [0.29, 0.717) is 24.8 Å². The molecule has 0 fully saturated rings. The van der Waals surface area contributed by atoms with Crippen molar-refractivity contribution in [2.45, 2.75) is 33.2 Å². The van der Waals surface area contributed by atoms with Crippen molar-refractivity contribution in [3.8, 4) is 17.4 Å². The van der Waals surface area contributed by atoms with E-state index >= 15 is 0 Å². The number of guanidine groups is 1. The third-order valence-corrected chi connectivity index (χ3v) is 3.58. The molecule has 1 heterocycles. The highest BCUT2D eigenvalue weighted by molar-refractivity contribution is 5.79. The molecule has 6 heteroatoms. The normalized spacial score (nSPS) is 11.1. The van der Waals surface area contributed by atoms with Crippen LogP contribution in [0.1, 0.15) is 32.3 Å². The number of ether oxygens (including phenoxy) is 2. The van der Waals surface area contributed by atoms with Gasteiger partial charge in [0.15, 0.2) is 17.5 Å². The van der Waals surface area contributed by atoms with Crippen molar-refractivity contribution in [3.05, 3.63) is 48.2 Å². The van der Waals surface area contributed by atoms with Gasteiger partial charge in [0.25, 0.3) is 0 Å². The van der Waals surface area contributed by atoms with Crippen molar-refractivity contribution in [1.29, 1.82) is 0 Å². The fourth-order valence-electron chi connectivity index (χ4n) is 2.26. The van der Waals surface area contributed by atoms with Crippen LogP contribution in [-0.4, -0.2) is 31.1 Å². The third-order valence-electron chi connectivity index (χ3n) is 3.58. The van der Waals surface area contributed by atoms with Crippen LogP contribution in [0, 0.1) is 0 Å². The molecule has 2 N–H and O–H groups in total. The molecule has 1 aromatic heterocycles. The largest absolute Gasteiger partial charge is 0.490 e. The number of hydrogen-bond donors (Lipinski definition) is 2. The van der Waals surface area contributed by atoms with Crippen LogP contribution in [0.5, 0.6) is 17.4 Å². The van der Waals surface area contributed by atoms with Crippen LogP contribution in [0.15, 0.2) is 47.6 Å². The van der Waals surface area contributed by atoms with Crippen LogP contribution in [0.2, 0.25) is 0 Å². The van der Waals surface area contributed by atoms with Crippen molar-refractivity contribution in [1.82, 2.24) is 15.6 Å². The van der Waals surface area contributed by atoms with E-state index in [9.17, 15) is 0 Å². The van der Waals surface area contributed by atoms with Crippen LogP contribution in [0.4, 0.5) is 0 Å². The maximum Gasteiger partial charge on any atom is 0.224 e. The summed E-state index contributed by atoms with van der Waals surface area (Å²) in [4.78, 5) is 8.60. The van der Waals surface area contributed by atoms with Gasteiger partial charge in [0.1, 0.15) is 0 Å². The molecule has 2 rings (SSSR count). The summed E-state index contributed by atoms with van der Waals surface area (Å²) >= 11 is 0. The number of aliphatic imine (C=N–C) groups is 1. The first-order chi connectivity index (χ1) is 12.8. The van der Waals surface area contributed by atoms with Gasteiger partial charge >= 0.3 is 0 Å². The van der Waals surface area contributed by atoms with Gasteiger partial charge in [0.05, 0.1) is 6.61 Å². The number of nitrogens with zero attached hydrogens (tertiary/aromatic N) is 2. The highest BCUT2D eigenvalue weighted by Gasteiger charge is 2.10. The van der Waals surface area contributed by atoms with Crippen molar-refractivity contribution in [2.24, 2.45) is 4.99 Å². The molecule has 0 spiro atoms. The Balaban J connectivity index is 2.09. The van der Waals surface area contributed by atoms with Crippen LogP contribution >= 0.6 is 0 Å². The predicted molar refractivity (Wildman–Crippen MR) is 105 cm³/mol. The summed E-state index contributed by atoms with van der Waals surface area (Å²) in [6.07, 6.45) is 3.70. The second-order valence-corrected chi connectivity index (χ2v) is 5.72. The smallest absolute Gasteiger partial charge is 0.224 e. The van der Waals surface area contributed by atoms with E-state index in [1.807, 2.05) is 36.4 Å². The molecule has 0 atom stereocenters. The molecule has 6 nitrogen and oxygen atoms in total. The zero-order valence-corrected chi connectivity index (χ0v) is 15.8. The van der Waals surface area contributed by atoms with Gasteiger partial charge < -0.3 is 20.1 Å². The van der Waals surface area contributed by atoms with Crippen LogP contribution in [-0.2, 0) is 6.54 Å². The van der Waals surface area contributed by atoms with Crippen molar-refractivity contribution >= 4 is 5.96 Å². The van der Waals surface area contributed by atoms with Gasteiger partial charge in [-0.15, -0.1) is 0 Å². The van der Waals surface area contributed by atoms with Crippen LogP contribution in [0.3, 0.4) is 0 Å².